The lowest BCUT2D eigenvalue weighted by Gasteiger charge is -2.36. The fourth-order valence-electron chi connectivity index (χ4n) is 4.15. The summed E-state index contributed by atoms with van der Waals surface area (Å²) < 4.78 is 6.44. The van der Waals surface area contributed by atoms with Gasteiger partial charge in [-0.2, -0.15) is 0 Å². The number of rotatable bonds is 4. The van der Waals surface area contributed by atoms with E-state index in [4.69, 9.17) is 9.72 Å². The maximum absolute atomic E-state index is 11.9. The number of nitrogens with one attached hydrogen (secondary N) is 1. The first-order chi connectivity index (χ1) is 13.6. The first kappa shape index (κ1) is 17.9. The lowest BCUT2D eigenvalue weighted by molar-refractivity contribution is 0.119. The Morgan fingerprint density at radius 1 is 1.32 bits per heavy atom. The normalized spacial score (nSPS) is 22.3. The minimum absolute atomic E-state index is 0.0237. The highest BCUT2D eigenvalue weighted by Gasteiger charge is 2.33. The van der Waals surface area contributed by atoms with E-state index in [1.165, 1.54) is 16.3 Å². The van der Waals surface area contributed by atoms with Crippen LogP contribution < -0.4 is 15.0 Å². The number of nitrogens with zero attached hydrogens (tertiary/aromatic N) is 2. The van der Waals surface area contributed by atoms with Crippen molar-refractivity contribution in [2.24, 2.45) is 0 Å². The molecule has 1 saturated carbocycles. The zero-order valence-electron chi connectivity index (χ0n) is 16.0. The van der Waals surface area contributed by atoms with Crippen molar-refractivity contribution < 1.29 is 14.6 Å². The van der Waals surface area contributed by atoms with E-state index in [2.05, 4.69) is 10.7 Å². The van der Waals surface area contributed by atoms with Crippen LogP contribution in [-0.4, -0.2) is 41.4 Å². The zero-order chi connectivity index (χ0) is 19.3. The molecule has 2 N–H and O–H groups in total. The molecule has 0 bridgehead atoms. The van der Waals surface area contributed by atoms with Crippen molar-refractivity contribution in [3.63, 3.8) is 0 Å². The van der Waals surface area contributed by atoms with Crippen LogP contribution in [-0.2, 0) is 6.42 Å². The number of benzene rings is 1. The van der Waals surface area contributed by atoms with E-state index in [9.17, 15) is 9.90 Å². The summed E-state index contributed by atoms with van der Waals surface area (Å²) in [5.41, 5.74) is 3.73. The molecule has 3 heterocycles. The second-order valence-corrected chi connectivity index (χ2v) is 8.97. The summed E-state index contributed by atoms with van der Waals surface area (Å²) in [4.78, 5) is 18.3. The summed E-state index contributed by atoms with van der Waals surface area (Å²) in [5.74, 6) is 1.36. The van der Waals surface area contributed by atoms with Gasteiger partial charge in [0.15, 0.2) is 0 Å². The highest BCUT2D eigenvalue weighted by atomic mass is 32.1. The Kier molecular flexibility index (Phi) is 4.51. The lowest BCUT2D eigenvalue weighted by Crippen LogP contribution is -2.41. The third-order valence-electron chi connectivity index (χ3n) is 6.22. The summed E-state index contributed by atoms with van der Waals surface area (Å²) in [6.07, 6.45) is 4.31. The van der Waals surface area contributed by atoms with Crippen LogP contribution in [0.5, 0.6) is 5.75 Å². The van der Waals surface area contributed by atoms with Crippen molar-refractivity contribution in [2.75, 3.05) is 18.0 Å². The number of carbonyl (C=O) groups is 1. The van der Waals surface area contributed by atoms with Gasteiger partial charge >= 0.3 is 6.09 Å². The topological polar surface area (TPSA) is 74.7 Å². The molecule has 1 atom stereocenters. The molecule has 2 aromatic rings. The maximum Gasteiger partial charge on any atom is 0.412 e. The summed E-state index contributed by atoms with van der Waals surface area (Å²) in [7, 11) is 0. The van der Waals surface area contributed by atoms with Gasteiger partial charge in [0, 0.05) is 41.6 Å². The summed E-state index contributed by atoms with van der Waals surface area (Å²) in [6, 6.07) is 3.91. The zero-order valence-corrected chi connectivity index (χ0v) is 16.8. The first-order valence-corrected chi connectivity index (χ1v) is 11.0. The fourth-order valence-corrected chi connectivity index (χ4v) is 5.07. The second-order valence-electron chi connectivity index (χ2n) is 8.08. The molecule has 1 amide bonds. The van der Waals surface area contributed by atoms with Gasteiger partial charge < -0.3 is 15.2 Å². The molecule has 5 rings (SSSR count). The summed E-state index contributed by atoms with van der Waals surface area (Å²) >= 11 is 1.71. The molecule has 0 spiro atoms. The van der Waals surface area contributed by atoms with Crippen molar-refractivity contribution in [2.45, 2.75) is 57.1 Å². The molecular formula is C21H25N3O3S. The number of thiazole rings is 1. The number of amides is 1. The molecule has 148 valence electrons. The highest BCUT2D eigenvalue weighted by molar-refractivity contribution is 7.10. The predicted molar refractivity (Wildman–Crippen MR) is 110 cm³/mol. The number of ether oxygens (including phenoxy) is 1. The Hall–Kier alpha value is -2.12. The number of carboxylic acid groups (broad SMARTS) is 1. The number of fused-ring (bicyclic) bond motifs is 1. The van der Waals surface area contributed by atoms with E-state index >= 15 is 0 Å². The highest BCUT2D eigenvalue weighted by Crippen LogP contribution is 2.45. The van der Waals surface area contributed by atoms with E-state index in [0.29, 0.717) is 5.92 Å². The Morgan fingerprint density at radius 2 is 2.14 bits per heavy atom. The number of hydrogen-bond acceptors (Lipinski definition) is 5. The minimum Gasteiger partial charge on any atom is -0.489 e. The molecular weight excluding hydrogens is 374 g/mol. The molecule has 0 radical (unpaired) electrons. The molecule has 1 aromatic carbocycles. The molecule has 0 unspecified atom stereocenters. The smallest absolute Gasteiger partial charge is 0.412 e. The van der Waals surface area contributed by atoms with E-state index < -0.39 is 6.09 Å². The van der Waals surface area contributed by atoms with E-state index in [-0.39, 0.29) is 12.1 Å². The van der Waals surface area contributed by atoms with Crippen LogP contribution >= 0.6 is 11.3 Å². The van der Waals surface area contributed by atoms with Gasteiger partial charge in [-0.3, -0.25) is 4.90 Å². The molecule has 1 aliphatic carbocycles. The van der Waals surface area contributed by atoms with Gasteiger partial charge in [-0.15, -0.1) is 11.3 Å². The molecule has 3 aliphatic rings. The Morgan fingerprint density at radius 3 is 2.79 bits per heavy atom. The van der Waals surface area contributed by atoms with Crippen molar-refractivity contribution in [3.8, 4) is 17.0 Å². The quantitative estimate of drug-likeness (QED) is 0.804. The SMILES string of the molecule is C[C@H]1CCc2c(ccc(-c3csc(C4CNC4)n3)c2OC2CCC2)N1C(=O)O. The van der Waals surface area contributed by atoms with Crippen LogP contribution in [0.2, 0.25) is 0 Å². The second kappa shape index (κ2) is 7.04. The van der Waals surface area contributed by atoms with E-state index in [1.807, 2.05) is 19.1 Å². The van der Waals surface area contributed by atoms with Crippen molar-refractivity contribution in [3.05, 3.63) is 28.1 Å². The molecule has 1 saturated heterocycles. The summed E-state index contributed by atoms with van der Waals surface area (Å²) in [6.45, 7) is 3.96. The van der Waals surface area contributed by atoms with E-state index in [1.54, 1.807) is 11.3 Å². The minimum atomic E-state index is -0.899. The Labute approximate surface area is 168 Å². The predicted octanol–water partition coefficient (Wildman–Crippen LogP) is 4.25. The summed E-state index contributed by atoms with van der Waals surface area (Å²) in [5, 5.41) is 16.3. The third kappa shape index (κ3) is 2.97. The van der Waals surface area contributed by atoms with Crippen LogP contribution in [0, 0.1) is 0 Å². The van der Waals surface area contributed by atoms with Gasteiger partial charge in [-0.05, 0) is 51.2 Å². The molecule has 2 fully saturated rings. The monoisotopic (exact) mass is 399 g/mol. The van der Waals surface area contributed by atoms with Gasteiger partial charge in [-0.25, -0.2) is 9.78 Å². The van der Waals surface area contributed by atoms with Crippen LogP contribution in [0.1, 0.15) is 49.1 Å². The van der Waals surface area contributed by atoms with Gasteiger partial charge in [-0.1, -0.05) is 0 Å². The number of aromatic nitrogens is 1. The van der Waals surface area contributed by atoms with Gasteiger partial charge in [0.1, 0.15) is 5.75 Å². The Balaban J connectivity index is 1.58. The fraction of sp³-hybridized carbons (Fsp3) is 0.524. The maximum atomic E-state index is 11.9. The molecule has 1 aromatic heterocycles. The van der Waals surface area contributed by atoms with Gasteiger partial charge in [0.25, 0.3) is 0 Å². The lowest BCUT2D eigenvalue weighted by atomic mass is 9.92. The third-order valence-corrected chi connectivity index (χ3v) is 7.23. The molecule has 28 heavy (non-hydrogen) atoms. The van der Waals surface area contributed by atoms with Gasteiger partial charge in [0.2, 0.25) is 0 Å². The van der Waals surface area contributed by atoms with Crippen molar-refractivity contribution >= 4 is 23.1 Å². The molecule has 2 aliphatic heterocycles. The van der Waals surface area contributed by atoms with Crippen LogP contribution in [0.15, 0.2) is 17.5 Å². The van der Waals surface area contributed by atoms with Crippen LogP contribution in [0.3, 0.4) is 0 Å². The first-order valence-electron chi connectivity index (χ1n) is 10.1. The number of anilines is 1. The standard InChI is InChI=1S/C21H25N3O3S/c1-12-5-6-16-18(24(12)21(25)26)8-7-15(19(16)27-14-3-2-4-14)17-11-28-20(23-17)13-9-22-10-13/h7-8,11-14,22H,2-6,9-10H2,1H3,(H,25,26)/t12-/m0/s1. The average Bonchev–Trinajstić information content (AvgIpc) is 3.04. The Bertz CT molecular complexity index is 904. The molecule has 7 heteroatoms. The van der Waals surface area contributed by atoms with Crippen molar-refractivity contribution in [1.29, 1.82) is 0 Å². The van der Waals surface area contributed by atoms with E-state index in [0.717, 1.165) is 67.0 Å². The van der Waals surface area contributed by atoms with Crippen LogP contribution in [0.25, 0.3) is 11.3 Å². The van der Waals surface area contributed by atoms with Gasteiger partial charge in [0.05, 0.1) is 22.5 Å². The van der Waals surface area contributed by atoms with Crippen LogP contribution in [0.4, 0.5) is 10.5 Å². The molecule has 6 nitrogen and oxygen atoms in total. The van der Waals surface area contributed by atoms with Crippen molar-refractivity contribution in [1.82, 2.24) is 10.3 Å². The number of hydrogen-bond donors (Lipinski definition) is 2. The average molecular weight is 400 g/mol. The largest absolute Gasteiger partial charge is 0.489 e.